The van der Waals surface area contributed by atoms with Gasteiger partial charge in [0.05, 0.1) is 0 Å². The summed E-state index contributed by atoms with van der Waals surface area (Å²) in [5.41, 5.74) is 0.420. The summed E-state index contributed by atoms with van der Waals surface area (Å²) in [6, 6.07) is -0.324. The van der Waals surface area contributed by atoms with Crippen molar-refractivity contribution >= 4 is 11.8 Å². The van der Waals surface area contributed by atoms with Crippen LogP contribution in [0.3, 0.4) is 0 Å². The molecular weight excluding hydrogens is 240 g/mol. The van der Waals surface area contributed by atoms with Gasteiger partial charge in [0.1, 0.15) is 6.04 Å². The van der Waals surface area contributed by atoms with Gasteiger partial charge in [-0.2, -0.15) is 0 Å². The van der Waals surface area contributed by atoms with Crippen molar-refractivity contribution in [3.8, 4) is 0 Å². The van der Waals surface area contributed by atoms with E-state index in [9.17, 15) is 9.59 Å². The van der Waals surface area contributed by atoms with Crippen LogP contribution in [0.1, 0.15) is 53.9 Å². The van der Waals surface area contributed by atoms with Crippen LogP contribution in [-0.2, 0) is 9.59 Å². The van der Waals surface area contributed by atoms with Crippen LogP contribution < -0.4 is 10.6 Å². The van der Waals surface area contributed by atoms with E-state index in [0.717, 1.165) is 19.3 Å². The first-order valence-corrected chi connectivity index (χ1v) is 7.13. The van der Waals surface area contributed by atoms with Gasteiger partial charge in [0.25, 0.3) is 0 Å². The third-order valence-corrected chi connectivity index (χ3v) is 3.50. The normalized spacial score (nSPS) is 13.8. The number of nitrogens with one attached hydrogen (secondary N) is 2. The van der Waals surface area contributed by atoms with Crippen LogP contribution in [0, 0.1) is 5.92 Å². The molecule has 2 N–H and O–H groups in total. The highest BCUT2D eigenvalue weighted by molar-refractivity contribution is 5.96. The van der Waals surface area contributed by atoms with Gasteiger partial charge in [-0.05, 0) is 25.7 Å². The van der Waals surface area contributed by atoms with E-state index in [2.05, 4.69) is 17.2 Å². The molecule has 0 aliphatic carbocycles. The fourth-order valence-corrected chi connectivity index (χ4v) is 1.75. The highest BCUT2D eigenvalue weighted by atomic mass is 16.2. The lowest BCUT2D eigenvalue weighted by Crippen LogP contribution is -2.52. The summed E-state index contributed by atoms with van der Waals surface area (Å²) in [5, 5.41) is 5.76. The smallest absolute Gasteiger partial charge is 0.246 e. The van der Waals surface area contributed by atoms with Crippen molar-refractivity contribution in [1.82, 2.24) is 10.6 Å². The summed E-state index contributed by atoms with van der Waals surface area (Å²) in [6.07, 6.45) is 2.62. The Hall–Kier alpha value is -1.32. The second kappa shape index (κ2) is 8.73. The molecule has 0 aromatic heterocycles. The van der Waals surface area contributed by atoms with Crippen LogP contribution in [0.25, 0.3) is 0 Å². The maximum absolute atomic E-state index is 12.3. The fourth-order valence-electron chi connectivity index (χ4n) is 1.75. The van der Waals surface area contributed by atoms with Crippen LogP contribution >= 0.6 is 0 Å². The molecule has 0 spiro atoms. The third kappa shape index (κ3) is 5.90. The summed E-state index contributed by atoms with van der Waals surface area (Å²) in [4.78, 5) is 24.0. The van der Waals surface area contributed by atoms with E-state index in [1.165, 1.54) is 0 Å². The Morgan fingerprint density at radius 3 is 1.95 bits per heavy atom. The summed E-state index contributed by atoms with van der Waals surface area (Å²) < 4.78 is 0. The topological polar surface area (TPSA) is 58.2 Å². The highest BCUT2D eigenvalue weighted by Gasteiger charge is 2.26. The third-order valence-electron chi connectivity index (χ3n) is 3.50. The minimum atomic E-state index is -0.491. The molecule has 19 heavy (non-hydrogen) atoms. The molecule has 0 saturated heterocycles. The molecule has 0 saturated carbocycles. The average Bonchev–Trinajstić information content (AvgIpc) is 2.40. The minimum Gasteiger partial charge on any atom is -0.352 e. The van der Waals surface area contributed by atoms with E-state index in [-0.39, 0.29) is 23.8 Å². The standard InChI is InChI=1S/C15H28N2O2/c1-7-11(6)13(17-14(18)10(4)5)15(19)16-12(8-2)9-3/h11-13H,4,7-9H2,1-3,5-6H3,(H,16,19)(H,17,18)/t11-,13-/m0/s1. The Morgan fingerprint density at radius 2 is 1.58 bits per heavy atom. The molecule has 2 atom stereocenters. The predicted octanol–water partition coefficient (Wildman–Crippen LogP) is 2.40. The first-order valence-electron chi connectivity index (χ1n) is 7.13. The second-order valence-electron chi connectivity index (χ2n) is 5.14. The number of hydrogen-bond donors (Lipinski definition) is 2. The molecule has 2 amide bonds. The van der Waals surface area contributed by atoms with E-state index in [1.54, 1.807) is 6.92 Å². The average molecular weight is 268 g/mol. The van der Waals surface area contributed by atoms with Crippen LogP contribution in [0.4, 0.5) is 0 Å². The van der Waals surface area contributed by atoms with E-state index in [0.29, 0.717) is 5.57 Å². The monoisotopic (exact) mass is 268 g/mol. The first kappa shape index (κ1) is 17.7. The van der Waals surface area contributed by atoms with Gasteiger partial charge in [-0.25, -0.2) is 0 Å². The summed E-state index contributed by atoms with van der Waals surface area (Å²) in [6.45, 7) is 13.3. The lowest BCUT2D eigenvalue weighted by molar-refractivity contribution is -0.129. The van der Waals surface area contributed by atoms with E-state index in [4.69, 9.17) is 0 Å². The molecule has 4 nitrogen and oxygen atoms in total. The van der Waals surface area contributed by atoms with Crippen LogP contribution in [0.5, 0.6) is 0 Å². The van der Waals surface area contributed by atoms with Gasteiger partial charge in [-0.15, -0.1) is 0 Å². The molecule has 110 valence electrons. The first-order chi connectivity index (χ1) is 8.87. The molecule has 4 heteroatoms. The molecule has 0 rings (SSSR count). The Kier molecular flexibility index (Phi) is 8.12. The lowest BCUT2D eigenvalue weighted by atomic mass is 9.97. The Balaban J connectivity index is 4.79. The molecule has 0 fully saturated rings. The van der Waals surface area contributed by atoms with Crippen molar-refractivity contribution in [2.75, 3.05) is 0 Å². The zero-order valence-electron chi connectivity index (χ0n) is 12.9. The van der Waals surface area contributed by atoms with Gasteiger partial charge < -0.3 is 10.6 Å². The predicted molar refractivity (Wildman–Crippen MR) is 78.7 cm³/mol. The molecule has 0 aliphatic heterocycles. The highest BCUT2D eigenvalue weighted by Crippen LogP contribution is 2.10. The summed E-state index contributed by atoms with van der Waals surface area (Å²) >= 11 is 0. The summed E-state index contributed by atoms with van der Waals surface area (Å²) in [7, 11) is 0. The van der Waals surface area contributed by atoms with Crippen molar-refractivity contribution in [3.63, 3.8) is 0 Å². The van der Waals surface area contributed by atoms with Crippen molar-refractivity contribution < 1.29 is 9.59 Å². The van der Waals surface area contributed by atoms with Gasteiger partial charge >= 0.3 is 0 Å². The van der Waals surface area contributed by atoms with Gasteiger partial charge in [-0.3, -0.25) is 9.59 Å². The molecule has 0 heterocycles. The lowest BCUT2D eigenvalue weighted by Gasteiger charge is -2.26. The molecular formula is C15H28N2O2. The van der Waals surface area contributed by atoms with E-state index in [1.807, 2.05) is 27.7 Å². The van der Waals surface area contributed by atoms with Gasteiger partial charge in [0.15, 0.2) is 0 Å². The summed E-state index contributed by atoms with van der Waals surface area (Å²) in [5.74, 6) is -0.264. The molecule has 0 radical (unpaired) electrons. The quantitative estimate of drug-likeness (QED) is 0.664. The zero-order valence-corrected chi connectivity index (χ0v) is 12.9. The molecule has 0 aromatic rings. The molecule has 0 bridgehead atoms. The van der Waals surface area contributed by atoms with Gasteiger partial charge in [-0.1, -0.05) is 40.7 Å². The maximum Gasteiger partial charge on any atom is 0.246 e. The van der Waals surface area contributed by atoms with Crippen molar-refractivity contribution in [1.29, 1.82) is 0 Å². The van der Waals surface area contributed by atoms with Crippen LogP contribution in [0.2, 0.25) is 0 Å². The van der Waals surface area contributed by atoms with Crippen LogP contribution in [-0.4, -0.2) is 23.9 Å². The SMILES string of the molecule is C=C(C)C(=O)N[C@H](C(=O)NC(CC)CC)[C@@H](C)CC. The number of amides is 2. The van der Waals surface area contributed by atoms with E-state index < -0.39 is 6.04 Å². The van der Waals surface area contributed by atoms with Gasteiger partial charge in [0, 0.05) is 11.6 Å². The number of rotatable bonds is 8. The Morgan fingerprint density at radius 1 is 1.05 bits per heavy atom. The fraction of sp³-hybridized carbons (Fsp3) is 0.733. The van der Waals surface area contributed by atoms with Crippen molar-refractivity contribution in [2.45, 2.75) is 66.0 Å². The largest absolute Gasteiger partial charge is 0.352 e. The maximum atomic E-state index is 12.3. The molecule has 0 aromatic carbocycles. The number of carbonyl (C=O) groups excluding carboxylic acids is 2. The Bertz CT molecular complexity index is 322. The second-order valence-corrected chi connectivity index (χ2v) is 5.14. The molecule has 0 aliphatic rings. The van der Waals surface area contributed by atoms with Crippen molar-refractivity contribution in [2.24, 2.45) is 5.92 Å². The molecule has 0 unspecified atom stereocenters. The van der Waals surface area contributed by atoms with Gasteiger partial charge in [0.2, 0.25) is 11.8 Å². The number of hydrogen-bond acceptors (Lipinski definition) is 2. The zero-order chi connectivity index (χ0) is 15.0. The van der Waals surface area contributed by atoms with Crippen molar-refractivity contribution in [3.05, 3.63) is 12.2 Å². The number of carbonyl (C=O) groups is 2. The Labute approximate surface area is 117 Å². The van der Waals surface area contributed by atoms with E-state index >= 15 is 0 Å². The van der Waals surface area contributed by atoms with Crippen LogP contribution in [0.15, 0.2) is 12.2 Å². The minimum absolute atomic E-state index is 0.0951.